The smallest absolute Gasteiger partial charge is 0.139 e. The highest BCUT2D eigenvalue weighted by atomic mass is 32.1. The summed E-state index contributed by atoms with van der Waals surface area (Å²) in [5.41, 5.74) is 3.39. The summed E-state index contributed by atoms with van der Waals surface area (Å²) < 4.78 is 0. The number of aromatic nitrogens is 1. The number of thiazole rings is 1. The highest BCUT2D eigenvalue weighted by Gasteiger charge is 2.07. The van der Waals surface area contributed by atoms with Crippen molar-refractivity contribution >= 4 is 17.1 Å². The molecular formula is C15H17NOS. The molecule has 0 saturated carbocycles. The lowest BCUT2D eigenvalue weighted by Gasteiger charge is -2.01. The van der Waals surface area contributed by atoms with Crippen LogP contribution in [0.4, 0.5) is 0 Å². The molecule has 0 fully saturated rings. The first-order valence-electron chi connectivity index (χ1n) is 6.12. The molecule has 1 aromatic heterocycles. The second kappa shape index (κ2) is 5.91. The molecule has 0 aliphatic rings. The summed E-state index contributed by atoms with van der Waals surface area (Å²) in [6.45, 7) is 4.04. The van der Waals surface area contributed by atoms with Gasteiger partial charge in [-0.3, -0.25) is 4.79 Å². The Kier molecular flexibility index (Phi) is 4.26. The SMILES string of the molecule is Cc1cccc(CCC(=O)Cc2csc(C)n2)c1. The Balaban J connectivity index is 1.85. The van der Waals surface area contributed by atoms with Gasteiger partial charge in [0.2, 0.25) is 0 Å². The van der Waals surface area contributed by atoms with E-state index < -0.39 is 0 Å². The van der Waals surface area contributed by atoms with Crippen LogP contribution in [-0.4, -0.2) is 10.8 Å². The monoisotopic (exact) mass is 259 g/mol. The molecule has 0 atom stereocenters. The molecule has 1 heterocycles. The van der Waals surface area contributed by atoms with E-state index >= 15 is 0 Å². The molecule has 94 valence electrons. The fourth-order valence-corrected chi connectivity index (χ4v) is 2.54. The Morgan fingerprint density at radius 3 is 2.83 bits per heavy atom. The van der Waals surface area contributed by atoms with Crippen molar-refractivity contribution in [2.24, 2.45) is 0 Å². The number of carbonyl (C=O) groups is 1. The largest absolute Gasteiger partial charge is 0.299 e. The van der Waals surface area contributed by atoms with Crippen molar-refractivity contribution in [3.05, 3.63) is 51.5 Å². The zero-order valence-corrected chi connectivity index (χ0v) is 11.6. The van der Waals surface area contributed by atoms with Crippen molar-refractivity contribution < 1.29 is 4.79 Å². The van der Waals surface area contributed by atoms with E-state index in [1.54, 1.807) is 11.3 Å². The summed E-state index contributed by atoms with van der Waals surface area (Å²) >= 11 is 1.60. The van der Waals surface area contributed by atoms with Crippen LogP contribution in [-0.2, 0) is 17.6 Å². The lowest BCUT2D eigenvalue weighted by Crippen LogP contribution is -2.04. The Hall–Kier alpha value is -1.48. The van der Waals surface area contributed by atoms with Crippen molar-refractivity contribution in [1.82, 2.24) is 4.98 Å². The first-order chi connectivity index (χ1) is 8.63. The minimum Gasteiger partial charge on any atom is -0.299 e. The minimum absolute atomic E-state index is 0.266. The van der Waals surface area contributed by atoms with Crippen LogP contribution in [0.2, 0.25) is 0 Å². The number of nitrogens with zero attached hydrogens (tertiary/aromatic N) is 1. The Labute approximate surface area is 112 Å². The van der Waals surface area contributed by atoms with E-state index in [9.17, 15) is 4.79 Å². The van der Waals surface area contributed by atoms with E-state index in [1.165, 1.54) is 11.1 Å². The third kappa shape index (κ3) is 3.77. The van der Waals surface area contributed by atoms with Crippen molar-refractivity contribution in [3.8, 4) is 0 Å². The van der Waals surface area contributed by atoms with E-state index in [1.807, 2.05) is 18.4 Å². The second-order valence-corrected chi connectivity index (χ2v) is 5.62. The van der Waals surface area contributed by atoms with Crippen LogP contribution in [0.3, 0.4) is 0 Å². The number of rotatable bonds is 5. The summed E-state index contributed by atoms with van der Waals surface area (Å²) in [5, 5.41) is 3.00. The molecule has 0 aliphatic carbocycles. The number of aryl methyl sites for hydroxylation is 3. The average molecular weight is 259 g/mol. The predicted molar refractivity (Wildman–Crippen MR) is 75.1 cm³/mol. The average Bonchev–Trinajstić information content (AvgIpc) is 2.72. The van der Waals surface area contributed by atoms with Crippen LogP contribution in [0, 0.1) is 13.8 Å². The van der Waals surface area contributed by atoms with Gasteiger partial charge < -0.3 is 0 Å². The molecule has 18 heavy (non-hydrogen) atoms. The molecule has 0 spiro atoms. The lowest BCUT2D eigenvalue weighted by atomic mass is 10.0. The minimum atomic E-state index is 0.266. The van der Waals surface area contributed by atoms with Crippen LogP contribution in [0.15, 0.2) is 29.6 Å². The molecule has 0 N–H and O–H groups in total. The van der Waals surface area contributed by atoms with Gasteiger partial charge in [-0.05, 0) is 25.8 Å². The summed E-state index contributed by atoms with van der Waals surface area (Å²) in [4.78, 5) is 16.2. The zero-order chi connectivity index (χ0) is 13.0. The molecule has 0 saturated heterocycles. The van der Waals surface area contributed by atoms with Gasteiger partial charge in [0.15, 0.2) is 0 Å². The summed E-state index contributed by atoms with van der Waals surface area (Å²) in [7, 11) is 0. The molecule has 2 aromatic rings. The second-order valence-electron chi connectivity index (χ2n) is 4.56. The third-order valence-corrected chi connectivity index (χ3v) is 3.64. The van der Waals surface area contributed by atoms with Gasteiger partial charge in [-0.15, -0.1) is 11.3 Å². The molecule has 0 unspecified atom stereocenters. The van der Waals surface area contributed by atoms with Crippen LogP contribution in [0.5, 0.6) is 0 Å². The van der Waals surface area contributed by atoms with Gasteiger partial charge in [0.25, 0.3) is 0 Å². The third-order valence-electron chi connectivity index (χ3n) is 2.82. The van der Waals surface area contributed by atoms with E-state index in [0.717, 1.165) is 17.1 Å². The van der Waals surface area contributed by atoms with Gasteiger partial charge in [0.1, 0.15) is 5.78 Å². The van der Waals surface area contributed by atoms with Crippen LogP contribution in [0.1, 0.15) is 28.2 Å². The lowest BCUT2D eigenvalue weighted by molar-refractivity contribution is -0.118. The van der Waals surface area contributed by atoms with Gasteiger partial charge in [0, 0.05) is 18.2 Å². The summed E-state index contributed by atoms with van der Waals surface area (Å²) in [6, 6.07) is 8.33. The highest BCUT2D eigenvalue weighted by molar-refractivity contribution is 7.09. The molecule has 0 bridgehead atoms. The standard InChI is InChI=1S/C15H17NOS/c1-11-4-3-5-13(8-11)6-7-15(17)9-14-10-18-12(2)16-14/h3-5,8,10H,6-7,9H2,1-2H3. The Bertz CT molecular complexity index is 545. The van der Waals surface area contributed by atoms with Crippen LogP contribution >= 0.6 is 11.3 Å². The number of ketones is 1. The number of Topliss-reactive ketones (excluding diaryl/α,β-unsaturated/α-hetero) is 1. The maximum absolute atomic E-state index is 11.8. The maximum Gasteiger partial charge on any atom is 0.139 e. The Morgan fingerprint density at radius 1 is 1.33 bits per heavy atom. The molecule has 3 heteroatoms. The van der Waals surface area contributed by atoms with E-state index in [0.29, 0.717) is 12.8 Å². The number of hydrogen-bond donors (Lipinski definition) is 0. The van der Waals surface area contributed by atoms with Gasteiger partial charge in [-0.25, -0.2) is 4.98 Å². The van der Waals surface area contributed by atoms with Crippen molar-refractivity contribution in [1.29, 1.82) is 0 Å². The molecular weight excluding hydrogens is 242 g/mol. The molecule has 0 aliphatic heterocycles. The van der Waals surface area contributed by atoms with Crippen molar-refractivity contribution in [2.75, 3.05) is 0 Å². The summed E-state index contributed by atoms with van der Waals surface area (Å²) in [5.74, 6) is 0.266. The van der Waals surface area contributed by atoms with Crippen molar-refractivity contribution in [3.63, 3.8) is 0 Å². The molecule has 1 aromatic carbocycles. The number of hydrogen-bond acceptors (Lipinski definition) is 3. The normalized spacial score (nSPS) is 10.6. The van der Waals surface area contributed by atoms with E-state index in [4.69, 9.17) is 0 Å². The first-order valence-corrected chi connectivity index (χ1v) is 7.00. The van der Waals surface area contributed by atoms with Crippen LogP contribution in [0.25, 0.3) is 0 Å². The molecule has 2 nitrogen and oxygen atoms in total. The fraction of sp³-hybridized carbons (Fsp3) is 0.333. The zero-order valence-electron chi connectivity index (χ0n) is 10.8. The number of benzene rings is 1. The quantitative estimate of drug-likeness (QED) is 0.822. The first kappa shape index (κ1) is 13.0. The van der Waals surface area contributed by atoms with Crippen LogP contribution < -0.4 is 0 Å². The van der Waals surface area contributed by atoms with Gasteiger partial charge in [0.05, 0.1) is 10.7 Å². The maximum atomic E-state index is 11.8. The number of carbonyl (C=O) groups excluding carboxylic acids is 1. The topological polar surface area (TPSA) is 30.0 Å². The molecule has 2 rings (SSSR count). The predicted octanol–water partition coefficient (Wildman–Crippen LogP) is 3.50. The molecule has 0 amide bonds. The van der Waals surface area contributed by atoms with Gasteiger partial charge in [-0.2, -0.15) is 0 Å². The van der Waals surface area contributed by atoms with E-state index in [2.05, 4.69) is 30.1 Å². The van der Waals surface area contributed by atoms with E-state index in [-0.39, 0.29) is 5.78 Å². The van der Waals surface area contributed by atoms with Gasteiger partial charge in [-0.1, -0.05) is 29.8 Å². The highest BCUT2D eigenvalue weighted by Crippen LogP contribution is 2.11. The summed E-state index contributed by atoms with van der Waals surface area (Å²) in [6.07, 6.45) is 1.89. The molecule has 0 radical (unpaired) electrons. The Morgan fingerprint density at radius 2 is 2.17 bits per heavy atom. The fourth-order valence-electron chi connectivity index (χ4n) is 1.93. The van der Waals surface area contributed by atoms with Gasteiger partial charge >= 0.3 is 0 Å². The van der Waals surface area contributed by atoms with Crippen molar-refractivity contribution in [2.45, 2.75) is 33.1 Å².